The van der Waals surface area contributed by atoms with E-state index in [1.54, 1.807) is 12.1 Å². The van der Waals surface area contributed by atoms with Gasteiger partial charge in [-0.25, -0.2) is 13.6 Å². The van der Waals surface area contributed by atoms with Crippen LogP contribution in [0.5, 0.6) is 0 Å². The van der Waals surface area contributed by atoms with Crippen LogP contribution in [0.15, 0.2) is 36.4 Å². The highest BCUT2D eigenvalue weighted by atomic mass is 19.2. The number of aromatic carboxylic acids is 1. The van der Waals surface area contributed by atoms with Gasteiger partial charge < -0.3 is 15.3 Å². The Balaban J connectivity index is 1.92. The fourth-order valence-corrected chi connectivity index (χ4v) is 2.41. The van der Waals surface area contributed by atoms with Crippen LogP contribution in [0.4, 0.5) is 20.2 Å². The molecular formula is C16H12F2N2O3. The number of anilines is 2. The predicted molar refractivity (Wildman–Crippen MR) is 79.4 cm³/mol. The second-order valence-electron chi connectivity index (χ2n) is 5.12. The van der Waals surface area contributed by atoms with Crippen LogP contribution in [-0.4, -0.2) is 23.5 Å². The average Bonchev–Trinajstić information content (AvgIpc) is 2.52. The summed E-state index contributed by atoms with van der Waals surface area (Å²) in [4.78, 5) is 24.3. The lowest BCUT2D eigenvalue weighted by Gasteiger charge is -2.30. The van der Waals surface area contributed by atoms with E-state index in [2.05, 4.69) is 5.32 Å². The van der Waals surface area contributed by atoms with E-state index in [9.17, 15) is 18.4 Å². The van der Waals surface area contributed by atoms with Gasteiger partial charge in [0.25, 0.3) is 0 Å². The molecule has 0 aliphatic carbocycles. The van der Waals surface area contributed by atoms with E-state index >= 15 is 0 Å². The maximum absolute atomic E-state index is 13.5. The number of hydrogen-bond donors (Lipinski definition) is 2. The first-order valence-corrected chi connectivity index (χ1v) is 6.81. The summed E-state index contributed by atoms with van der Waals surface area (Å²) in [6.45, 7) is 0.115. The molecule has 3 rings (SSSR count). The van der Waals surface area contributed by atoms with Gasteiger partial charge in [0.1, 0.15) is 0 Å². The molecule has 2 aromatic rings. The minimum atomic E-state index is -1.04. The summed E-state index contributed by atoms with van der Waals surface area (Å²) in [5, 5.41) is 11.6. The van der Waals surface area contributed by atoms with Crippen LogP contribution in [0, 0.1) is 11.6 Å². The number of hydrogen-bond acceptors (Lipinski definition) is 3. The van der Waals surface area contributed by atoms with E-state index in [0.29, 0.717) is 11.3 Å². The number of carboxylic acid groups (broad SMARTS) is 1. The Morgan fingerprint density at radius 3 is 2.48 bits per heavy atom. The molecule has 1 heterocycles. The second-order valence-corrected chi connectivity index (χ2v) is 5.12. The summed E-state index contributed by atoms with van der Waals surface area (Å²) in [6.07, 6.45) is 0. The Morgan fingerprint density at radius 2 is 1.83 bits per heavy atom. The van der Waals surface area contributed by atoms with Gasteiger partial charge in [-0.1, -0.05) is 12.1 Å². The van der Waals surface area contributed by atoms with Crippen LogP contribution in [0.1, 0.15) is 15.9 Å². The summed E-state index contributed by atoms with van der Waals surface area (Å²) in [5.74, 6) is -3.36. The molecule has 5 nitrogen and oxygen atoms in total. The molecule has 0 fully saturated rings. The van der Waals surface area contributed by atoms with Gasteiger partial charge >= 0.3 is 5.97 Å². The number of carbonyl (C=O) groups is 2. The van der Waals surface area contributed by atoms with Crippen molar-refractivity contribution < 1.29 is 23.5 Å². The zero-order valence-corrected chi connectivity index (χ0v) is 11.8. The topological polar surface area (TPSA) is 69.6 Å². The predicted octanol–water partition coefficient (Wildman–Crippen LogP) is 2.62. The Labute approximate surface area is 130 Å². The van der Waals surface area contributed by atoms with Gasteiger partial charge in [0, 0.05) is 12.1 Å². The number of carbonyl (C=O) groups excluding carboxylic acids is 1. The van der Waals surface area contributed by atoms with Gasteiger partial charge in [-0.3, -0.25) is 4.79 Å². The average molecular weight is 318 g/mol. The molecular weight excluding hydrogens is 306 g/mol. The molecule has 1 aliphatic heterocycles. The van der Waals surface area contributed by atoms with Crippen LogP contribution in [-0.2, 0) is 11.3 Å². The number of benzene rings is 2. The minimum Gasteiger partial charge on any atom is -0.478 e. The molecule has 118 valence electrons. The SMILES string of the molecule is O=C(O)c1ccc(CN2C(=O)CNc3cc(F)c(F)cc32)cc1. The van der Waals surface area contributed by atoms with E-state index in [1.165, 1.54) is 17.0 Å². The van der Waals surface area contributed by atoms with Gasteiger partial charge in [0.05, 0.1) is 30.0 Å². The third-order valence-corrected chi connectivity index (χ3v) is 3.60. The smallest absolute Gasteiger partial charge is 0.335 e. The highest BCUT2D eigenvalue weighted by Gasteiger charge is 2.26. The number of fused-ring (bicyclic) bond motifs is 1. The molecule has 2 N–H and O–H groups in total. The van der Waals surface area contributed by atoms with Crippen molar-refractivity contribution in [2.24, 2.45) is 0 Å². The van der Waals surface area contributed by atoms with Gasteiger partial charge in [-0.2, -0.15) is 0 Å². The molecule has 1 amide bonds. The van der Waals surface area contributed by atoms with E-state index in [4.69, 9.17) is 5.11 Å². The summed E-state index contributed by atoms with van der Waals surface area (Å²) in [5.41, 5.74) is 1.41. The van der Waals surface area contributed by atoms with Gasteiger partial charge in [-0.05, 0) is 17.7 Å². The maximum atomic E-state index is 13.5. The van der Waals surface area contributed by atoms with Gasteiger partial charge in [-0.15, -0.1) is 0 Å². The zero-order valence-electron chi connectivity index (χ0n) is 11.8. The van der Waals surface area contributed by atoms with Crippen molar-refractivity contribution in [1.82, 2.24) is 0 Å². The number of amides is 1. The molecule has 0 spiro atoms. The lowest BCUT2D eigenvalue weighted by atomic mass is 10.1. The number of nitrogens with one attached hydrogen (secondary N) is 1. The second kappa shape index (κ2) is 5.68. The molecule has 7 heteroatoms. The summed E-state index contributed by atoms with van der Waals surface area (Å²) < 4.78 is 26.8. The first-order valence-electron chi connectivity index (χ1n) is 6.81. The van der Waals surface area contributed by atoms with Crippen molar-refractivity contribution >= 4 is 23.3 Å². The van der Waals surface area contributed by atoms with Crippen LogP contribution in [0.3, 0.4) is 0 Å². The molecule has 1 aliphatic rings. The Kier molecular flexibility index (Phi) is 3.69. The lowest BCUT2D eigenvalue weighted by molar-refractivity contribution is -0.117. The van der Waals surface area contributed by atoms with E-state index in [-0.39, 0.29) is 30.2 Å². The highest BCUT2D eigenvalue weighted by Crippen LogP contribution is 2.32. The van der Waals surface area contributed by atoms with E-state index < -0.39 is 17.6 Å². The number of nitrogens with zero attached hydrogens (tertiary/aromatic N) is 1. The number of halogens is 2. The van der Waals surface area contributed by atoms with Crippen LogP contribution in [0.25, 0.3) is 0 Å². The Hall–Kier alpha value is -2.96. The Bertz CT molecular complexity index is 791. The largest absolute Gasteiger partial charge is 0.478 e. The molecule has 0 unspecified atom stereocenters. The zero-order chi connectivity index (χ0) is 16.6. The monoisotopic (exact) mass is 318 g/mol. The molecule has 0 saturated heterocycles. The normalized spacial score (nSPS) is 13.5. The fourth-order valence-electron chi connectivity index (χ4n) is 2.41. The molecule has 0 saturated carbocycles. The van der Waals surface area contributed by atoms with E-state index in [1.807, 2.05) is 0 Å². The third-order valence-electron chi connectivity index (χ3n) is 3.60. The quantitative estimate of drug-likeness (QED) is 0.913. The highest BCUT2D eigenvalue weighted by molar-refractivity contribution is 6.02. The molecule has 23 heavy (non-hydrogen) atoms. The van der Waals surface area contributed by atoms with Crippen molar-refractivity contribution in [3.05, 3.63) is 59.2 Å². The minimum absolute atomic E-state index is 0.0225. The van der Waals surface area contributed by atoms with Crippen molar-refractivity contribution in [2.75, 3.05) is 16.8 Å². The summed E-state index contributed by atoms with van der Waals surface area (Å²) in [6, 6.07) is 8.00. The van der Waals surface area contributed by atoms with Crippen molar-refractivity contribution in [3.63, 3.8) is 0 Å². The van der Waals surface area contributed by atoms with E-state index in [0.717, 1.165) is 12.1 Å². The molecule has 0 aromatic heterocycles. The van der Waals surface area contributed by atoms with Crippen molar-refractivity contribution in [2.45, 2.75) is 6.54 Å². The number of rotatable bonds is 3. The molecule has 0 bridgehead atoms. The molecule has 0 radical (unpaired) electrons. The Morgan fingerprint density at radius 1 is 1.17 bits per heavy atom. The molecule has 2 aromatic carbocycles. The van der Waals surface area contributed by atoms with Crippen molar-refractivity contribution in [1.29, 1.82) is 0 Å². The summed E-state index contributed by atoms with van der Waals surface area (Å²) >= 11 is 0. The third kappa shape index (κ3) is 2.85. The maximum Gasteiger partial charge on any atom is 0.335 e. The lowest BCUT2D eigenvalue weighted by Crippen LogP contribution is -2.39. The van der Waals surface area contributed by atoms with Crippen LogP contribution < -0.4 is 10.2 Å². The first-order chi connectivity index (χ1) is 11.0. The summed E-state index contributed by atoms with van der Waals surface area (Å²) in [7, 11) is 0. The van der Waals surface area contributed by atoms with Crippen molar-refractivity contribution in [3.8, 4) is 0 Å². The van der Waals surface area contributed by atoms with Gasteiger partial charge in [0.2, 0.25) is 5.91 Å². The fraction of sp³-hybridized carbons (Fsp3) is 0.125. The van der Waals surface area contributed by atoms with Crippen LogP contribution >= 0.6 is 0 Å². The number of carboxylic acids is 1. The standard InChI is InChI=1S/C16H12F2N2O3/c17-11-5-13-14(6-12(11)18)20(15(21)7-19-13)8-9-1-3-10(4-2-9)16(22)23/h1-6,19H,7-8H2,(H,22,23). The van der Waals surface area contributed by atoms with Crippen LogP contribution in [0.2, 0.25) is 0 Å². The first kappa shape index (κ1) is 15.0. The van der Waals surface area contributed by atoms with Gasteiger partial charge in [0.15, 0.2) is 11.6 Å². The molecule has 0 atom stereocenters.